The van der Waals surface area contributed by atoms with Gasteiger partial charge >= 0.3 is 0 Å². The highest BCUT2D eigenvalue weighted by Gasteiger charge is 2.42. The van der Waals surface area contributed by atoms with Gasteiger partial charge in [0.25, 0.3) is 0 Å². The van der Waals surface area contributed by atoms with Crippen LogP contribution in [-0.2, 0) is 4.74 Å². The normalized spacial score (nSPS) is 50.1. The van der Waals surface area contributed by atoms with E-state index in [1.165, 1.54) is 0 Å². The molecule has 1 rings (SSSR count). The molecule has 0 spiro atoms. The minimum atomic E-state index is -1.67. The molecule has 1 heterocycles. The van der Waals surface area contributed by atoms with E-state index < -0.39 is 43.4 Å². The minimum absolute atomic E-state index is 0.515. The van der Waals surface area contributed by atoms with Crippen molar-refractivity contribution < 1.29 is 30.3 Å². The summed E-state index contributed by atoms with van der Waals surface area (Å²) >= 11 is 0. The second-order valence-corrected chi connectivity index (χ2v) is 3.31. The smallest absolute Gasteiger partial charge is 0.185 e. The summed E-state index contributed by atoms with van der Waals surface area (Å²) in [5.74, 6) is -0.947. The summed E-state index contributed by atoms with van der Waals surface area (Å²) in [7, 11) is 0. The van der Waals surface area contributed by atoms with E-state index >= 15 is 0 Å². The Morgan fingerprint density at radius 3 is 2.07 bits per heavy atom. The Morgan fingerprint density at radius 2 is 1.57 bits per heavy atom. The molecule has 0 bridgehead atoms. The van der Waals surface area contributed by atoms with E-state index in [0.29, 0.717) is 0 Å². The van der Waals surface area contributed by atoms with Gasteiger partial charge in [-0.3, -0.25) is 0 Å². The Kier molecular flexibility index (Phi) is 3.78. The zero-order valence-electron chi connectivity index (χ0n) is 7.39. The van der Waals surface area contributed by atoms with Crippen LogP contribution in [0.4, 0.5) is 0 Å². The van der Waals surface area contributed by atoms with Crippen LogP contribution in [0.3, 0.4) is 0 Å². The number of aliphatic hydroxyl groups is 5. The first-order valence-electron chi connectivity index (χ1n) is 4.23. The van der Waals surface area contributed by atoms with Crippen molar-refractivity contribution in [3.05, 3.63) is 0 Å². The highest BCUT2D eigenvalue weighted by molar-refractivity contribution is 4.88. The third kappa shape index (κ3) is 2.04. The molecule has 1 saturated heterocycles. The molecule has 1 aliphatic heterocycles. The summed E-state index contributed by atoms with van der Waals surface area (Å²) in [6.45, 7) is -0.515. The van der Waals surface area contributed by atoms with Crippen LogP contribution in [0.2, 0.25) is 0 Å². The first kappa shape index (κ1) is 11.8. The Bertz CT molecular complexity index is 191. The van der Waals surface area contributed by atoms with Crippen molar-refractivity contribution in [2.75, 3.05) is 6.61 Å². The average Bonchev–Trinajstić information content (AvgIpc) is 2.20. The zero-order valence-corrected chi connectivity index (χ0v) is 7.39. The highest BCUT2D eigenvalue weighted by Crippen LogP contribution is 2.21. The predicted molar refractivity (Wildman–Crippen MR) is 43.7 cm³/mol. The van der Waals surface area contributed by atoms with Crippen LogP contribution in [0.1, 0.15) is 0 Å². The molecule has 14 heavy (non-hydrogen) atoms. The molecule has 7 N–H and O–H groups in total. The lowest BCUT2D eigenvalue weighted by molar-refractivity contribution is -0.199. The molecule has 0 amide bonds. The monoisotopic (exact) mass is 209 g/mol. The van der Waals surface area contributed by atoms with E-state index in [-0.39, 0.29) is 0 Å². The summed E-state index contributed by atoms with van der Waals surface area (Å²) < 4.78 is 4.67. The molecule has 0 saturated carbocycles. The van der Waals surface area contributed by atoms with E-state index in [0.717, 1.165) is 0 Å². The maximum absolute atomic E-state index is 9.43. The van der Waals surface area contributed by atoms with E-state index in [9.17, 15) is 15.3 Å². The van der Waals surface area contributed by atoms with Crippen molar-refractivity contribution in [3.8, 4) is 0 Å². The molecule has 0 aromatic heterocycles. The van der Waals surface area contributed by atoms with Crippen LogP contribution in [0, 0.1) is 5.92 Å². The van der Waals surface area contributed by atoms with Crippen LogP contribution in [-0.4, -0.2) is 63.0 Å². The van der Waals surface area contributed by atoms with Crippen molar-refractivity contribution in [3.63, 3.8) is 0 Å². The number of hydrogen-bond acceptors (Lipinski definition) is 7. The molecule has 1 fully saturated rings. The largest absolute Gasteiger partial charge is 0.396 e. The topological polar surface area (TPSA) is 136 Å². The first-order valence-corrected chi connectivity index (χ1v) is 4.23. The summed E-state index contributed by atoms with van der Waals surface area (Å²) in [5.41, 5.74) is 5.37. The Balaban J connectivity index is 2.82. The van der Waals surface area contributed by atoms with Gasteiger partial charge in [-0.25, -0.2) is 0 Å². The van der Waals surface area contributed by atoms with Gasteiger partial charge < -0.3 is 36.0 Å². The molecule has 7 nitrogen and oxygen atoms in total. The van der Waals surface area contributed by atoms with Crippen molar-refractivity contribution >= 4 is 0 Å². The molecule has 0 aromatic carbocycles. The van der Waals surface area contributed by atoms with Gasteiger partial charge in [0, 0.05) is 0 Å². The fourth-order valence-corrected chi connectivity index (χ4v) is 1.37. The molecule has 0 aliphatic carbocycles. The van der Waals surface area contributed by atoms with Crippen molar-refractivity contribution in [2.24, 2.45) is 11.7 Å². The lowest BCUT2D eigenvalue weighted by atomic mass is 9.95. The maximum Gasteiger partial charge on any atom is 0.185 e. The van der Waals surface area contributed by atoms with Crippen molar-refractivity contribution in [1.29, 1.82) is 0 Å². The summed E-state index contributed by atoms with van der Waals surface area (Å²) in [5, 5.41) is 45.9. The van der Waals surface area contributed by atoms with Crippen LogP contribution >= 0.6 is 0 Å². The molecular weight excluding hydrogens is 194 g/mol. The molecule has 1 aliphatic rings. The summed E-state index contributed by atoms with van der Waals surface area (Å²) in [6.07, 6.45) is -7.51. The Hall–Kier alpha value is -0.280. The van der Waals surface area contributed by atoms with E-state index in [2.05, 4.69) is 4.74 Å². The zero-order chi connectivity index (χ0) is 10.9. The van der Waals surface area contributed by atoms with Gasteiger partial charge in [0.2, 0.25) is 0 Å². The number of rotatable bonds is 1. The second kappa shape index (κ2) is 4.49. The SMILES string of the molecule is NC1O[C@H](O)C(O)C(O)[C@@H](O)C1CO. The molecule has 0 radical (unpaired) electrons. The summed E-state index contributed by atoms with van der Waals surface area (Å²) in [4.78, 5) is 0. The molecule has 84 valence electrons. The van der Waals surface area contributed by atoms with Crippen molar-refractivity contribution in [1.82, 2.24) is 0 Å². The van der Waals surface area contributed by atoms with E-state index in [4.69, 9.17) is 15.9 Å². The van der Waals surface area contributed by atoms with Gasteiger partial charge in [0.15, 0.2) is 6.29 Å². The number of nitrogens with two attached hydrogens (primary N) is 1. The van der Waals surface area contributed by atoms with E-state index in [1.54, 1.807) is 0 Å². The molecule has 0 aromatic rings. The third-order valence-corrected chi connectivity index (χ3v) is 2.36. The number of ether oxygens (including phenoxy) is 1. The Morgan fingerprint density at radius 1 is 1.00 bits per heavy atom. The molecular formula is C7H15NO6. The number of hydrogen-bond donors (Lipinski definition) is 6. The predicted octanol–water partition coefficient (Wildman–Crippen LogP) is -3.69. The van der Waals surface area contributed by atoms with Gasteiger partial charge in [0.05, 0.1) is 18.6 Å². The van der Waals surface area contributed by atoms with Gasteiger partial charge in [-0.05, 0) is 0 Å². The van der Waals surface area contributed by atoms with Crippen molar-refractivity contribution in [2.45, 2.75) is 30.8 Å². The van der Waals surface area contributed by atoms with Gasteiger partial charge in [-0.15, -0.1) is 0 Å². The van der Waals surface area contributed by atoms with Crippen LogP contribution in [0.5, 0.6) is 0 Å². The lowest BCUT2D eigenvalue weighted by Crippen LogP contribution is -2.46. The van der Waals surface area contributed by atoms with Crippen LogP contribution in [0.15, 0.2) is 0 Å². The maximum atomic E-state index is 9.43. The Labute approximate surface area is 80.3 Å². The lowest BCUT2D eigenvalue weighted by Gasteiger charge is -2.25. The van der Waals surface area contributed by atoms with Gasteiger partial charge in [-0.2, -0.15) is 0 Å². The first-order chi connectivity index (χ1) is 6.49. The van der Waals surface area contributed by atoms with Crippen LogP contribution < -0.4 is 5.73 Å². The minimum Gasteiger partial charge on any atom is -0.396 e. The quantitative estimate of drug-likeness (QED) is 0.261. The summed E-state index contributed by atoms with van der Waals surface area (Å²) in [6, 6.07) is 0. The highest BCUT2D eigenvalue weighted by atomic mass is 16.6. The van der Waals surface area contributed by atoms with E-state index in [1.807, 2.05) is 0 Å². The van der Waals surface area contributed by atoms with Crippen LogP contribution in [0.25, 0.3) is 0 Å². The second-order valence-electron chi connectivity index (χ2n) is 3.31. The van der Waals surface area contributed by atoms with Gasteiger partial charge in [0.1, 0.15) is 18.4 Å². The standard InChI is InChI=1S/C7H15NO6/c8-6-2(1-9)3(10)4(11)5(12)7(13)14-6/h2-7,9-13H,1,8H2/t2?,3-,4?,5?,6?,7-/m0/s1. The molecule has 6 atom stereocenters. The number of aliphatic hydroxyl groups excluding tert-OH is 5. The fourth-order valence-electron chi connectivity index (χ4n) is 1.37. The van der Waals surface area contributed by atoms with Gasteiger partial charge in [-0.1, -0.05) is 0 Å². The average molecular weight is 209 g/mol. The molecule has 4 unspecified atom stereocenters. The fraction of sp³-hybridized carbons (Fsp3) is 1.00. The third-order valence-electron chi connectivity index (χ3n) is 2.36. The molecule has 7 heteroatoms.